The molecule has 1 aliphatic heterocycles. The molecule has 0 amide bonds. The van der Waals surface area contributed by atoms with Gasteiger partial charge in [-0.2, -0.15) is 0 Å². The Kier molecular flexibility index (Phi) is 4.02. The fourth-order valence-electron chi connectivity index (χ4n) is 2.00. The highest BCUT2D eigenvalue weighted by atomic mass is 32.2. The molecule has 1 saturated heterocycles. The maximum Gasteiger partial charge on any atom is 0.123 e. The highest BCUT2D eigenvalue weighted by Crippen LogP contribution is 2.23. The Morgan fingerprint density at radius 2 is 2.12 bits per heavy atom. The van der Waals surface area contributed by atoms with Crippen molar-refractivity contribution in [2.45, 2.75) is 6.54 Å². The summed E-state index contributed by atoms with van der Waals surface area (Å²) in [5, 5.41) is 0. The second-order valence-electron chi connectivity index (χ2n) is 4.20. The Hall–Kier alpha value is -1.07. The minimum Gasteiger partial charge on any atom is -0.496 e. The monoisotopic (exact) mass is 254 g/mol. The number of methoxy groups -OCH3 is 1. The van der Waals surface area contributed by atoms with Crippen molar-refractivity contribution in [1.82, 2.24) is 4.90 Å². The van der Waals surface area contributed by atoms with E-state index >= 15 is 0 Å². The molecule has 5 heteroatoms. The van der Waals surface area contributed by atoms with Crippen molar-refractivity contribution in [3.05, 3.63) is 23.8 Å². The van der Waals surface area contributed by atoms with E-state index in [1.807, 2.05) is 18.2 Å². The SMILES string of the molecule is COc1ccc(N)cc1CN1CCS(=O)CC1. The summed E-state index contributed by atoms with van der Waals surface area (Å²) in [5.74, 6) is 2.40. The molecule has 17 heavy (non-hydrogen) atoms. The Morgan fingerprint density at radius 1 is 1.41 bits per heavy atom. The van der Waals surface area contributed by atoms with E-state index in [2.05, 4.69) is 4.90 Å². The fraction of sp³-hybridized carbons (Fsp3) is 0.500. The van der Waals surface area contributed by atoms with Crippen molar-refractivity contribution in [1.29, 1.82) is 0 Å². The Bertz CT molecular complexity index is 413. The van der Waals surface area contributed by atoms with Gasteiger partial charge in [0.15, 0.2) is 0 Å². The number of hydrogen-bond acceptors (Lipinski definition) is 4. The van der Waals surface area contributed by atoms with Crippen LogP contribution in [0.1, 0.15) is 5.56 Å². The fourth-order valence-corrected chi connectivity index (χ4v) is 3.12. The molecule has 94 valence electrons. The van der Waals surface area contributed by atoms with Crippen LogP contribution in [-0.4, -0.2) is 40.8 Å². The van der Waals surface area contributed by atoms with E-state index in [4.69, 9.17) is 10.5 Å². The van der Waals surface area contributed by atoms with Crippen molar-refractivity contribution in [3.63, 3.8) is 0 Å². The van der Waals surface area contributed by atoms with Crippen molar-refractivity contribution in [3.8, 4) is 5.75 Å². The van der Waals surface area contributed by atoms with Gasteiger partial charge in [-0.05, 0) is 18.2 Å². The van der Waals surface area contributed by atoms with Crippen LogP contribution in [0.25, 0.3) is 0 Å². The van der Waals surface area contributed by atoms with Gasteiger partial charge in [0.2, 0.25) is 0 Å². The molecule has 1 aliphatic rings. The maximum atomic E-state index is 11.3. The van der Waals surface area contributed by atoms with Crippen molar-refractivity contribution in [2.24, 2.45) is 0 Å². The van der Waals surface area contributed by atoms with Crippen LogP contribution < -0.4 is 10.5 Å². The quantitative estimate of drug-likeness (QED) is 0.812. The molecule has 1 heterocycles. The van der Waals surface area contributed by atoms with E-state index < -0.39 is 10.8 Å². The molecule has 2 N–H and O–H groups in total. The Morgan fingerprint density at radius 3 is 2.76 bits per heavy atom. The van der Waals surface area contributed by atoms with Gasteiger partial charge in [-0.3, -0.25) is 9.11 Å². The average Bonchev–Trinajstić information content (AvgIpc) is 2.32. The zero-order valence-corrected chi connectivity index (χ0v) is 10.8. The van der Waals surface area contributed by atoms with E-state index in [-0.39, 0.29) is 0 Å². The molecule has 0 aliphatic carbocycles. The molecule has 0 saturated carbocycles. The molecular weight excluding hydrogens is 236 g/mol. The highest BCUT2D eigenvalue weighted by molar-refractivity contribution is 7.85. The van der Waals surface area contributed by atoms with E-state index in [1.54, 1.807) is 7.11 Å². The van der Waals surface area contributed by atoms with Gasteiger partial charge in [-0.25, -0.2) is 0 Å². The zero-order chi connectivity index (χ0) is 12.3. The van der Waals surface area contributed by atoms with Crippen LogP contribution in [0.4, 0.5) is 5.69 Å². The Balaban J connectivity index is 2.07. The molecule has 0 radical (unpaired) electrons. The minimum atomic E-state index is -0.628. The van der Waals surface area contributed by atoms with Gasteiger partial charge in [0, 0.05) is 53.2 Å². The summed E-state index contributed by atoms with van der Waals surface area (Å²) in [7, 11) is 1.04. The first-order valence-corrected chi connectivity index (χ1v) is 7.17. The van der Waals surface area contributed by atoms with Crippen molar-refractivity contribution >= 4 is 16.5 Å². The molecule has 4 nitrogen and oxygen atoms in total. The Labute approximate surface area is 104 Å². The third-order valence-corrected chi connectivity index (χ3v) is 4.24. The van der Waals surface area contributed by atoms with Crippen LogP contribution in [-0.2, 0) is 17.3 Å². The van der Waals surface area contributed by atoms with Crippen molar-refractivity contribution < 1.29 is 8.95 Å². The number of ether oxygens (including phenoxy) is 1. The number of benzene rings is 1. The summed E-state index contributed by atoms with van der Waals surface area (Å²) < 4.78 is 16.6. The summed E-state index contributed by atoms with van der Waals surface area (Å²) >= 11 is 0. The standard InChI is InChI=1S/C12H18N2O2S/c1-16-12-3-2-11(13)8-10(12)9-14-4-6-17(15)7-5-14/h2-3,8H,4-7,9,13H2,1H3. The maximum absolute atomic E-state index is 11.3. The molecule has 1 aromatic carbocycles. The number of nitrogens with zero attached hydrogens (tertiary/aromatic N) is 1. The minimum absolute atomic E-state index is 0.628. The van der Waals surface area contributed by atoms with Crippen LogP contribution in [0.2, 0.25) is 0 Å². The molecule has 1 aromatic rings. The smallest absolute Gasteiger partial charge is 0.123 e. The molecule has 2 rings (SSSR count). The van der Waals surface area contributed by atoms with Gasteiger partial charge in [0.25, 0.3) is 0 Å². The third kappa shape index (κ3) is 3.20. The van der Waals surface area contributed by atoms with Crippen LogP contribution in [0.3, 0.4) is 0 Å². The van der Waals surface area contributed by atoms with Gasteiger partial charge < -0.3 is 10.5 Å². The van der Waals surface area contributed by atoms with Gasteiger partial charge in [0.05, 0.1) is 7.11 Å². The number of hydrogen-bond donors (Lipinski definition) is 1. The molecule has 0 bridgehead atoms. The van der Waals surface area contributed by atoms with E-state index in [1.165, 1.54) is 0 Å². The summed E-state index contributed by atoms with van der Waals surface area (Å²) in [5.41, 5.74) is 7.64. The largest absolute Gasteiger partial charge is 0.496 e. The first kappa shape index (κ1) is 12.4. The lowest BCUT2D eigenvalue weighted by molar-refractivity contribution is 0.285. The average molecular weight is 254 g/mol. The topological polar surface area (TPSA) is 55.6 Å². The van der Waals surface area contributed by atoms with Crippen LogP contribution in [0.15, 0.2) is 18.2 Å². The van der Waals surface area contributed by atoms with Crippen LogP contribution >= 0.6 is 0 Å². The van der Waals surface area contributed by atoms with E-state index in [0.717, 1.165) is 48.1 Å². The third-order valence-electron chi connectivity index (χ3n) is 2.97. The lowest BCUT2D eigenvalue weighted by atomic mass is 10.1. The summed E-state index contributed by atoms with van der Waals surface area (Å²) in [4.78, 5) is 2.29. The van der Waals surface area contributed by atoms with E-state index in [9.17, 15) is 4.21 Å². The number of anilines is 1. The predicted molar refractivity (Wildman–Crippen MR) is 70.6 cm³/mol. The molecular formula is C12H18N2O2S. The summed E-state index contributed by atoms with van der Waals surface area (Å²) in [6.07, 6.45) is 0. The summed E-state index contributed by atoms with van der Waals surface area (Å²) in [6.45, 7) is 2.57. The first-order valence-electron chi connectivity index (χ1n) is 5.69. The second kappa shape index (κ2) is 5.51. The lowest BCUT2D eigenvalue weighted by Gasteiger charge is -2.26. The number of nitrogen functional groups attached to an aromatic ring is 1. The second-order valence-corrected chi connectivity index (χ2v) is 5.89. The molecule has 1 fully saturated rings. The van der Waals surface area contributed by atoms with E-state index in [0.29, 0.717) is 0 Å². The zero-order valence-electron chi connectivity index (χ0n) is 10.0. The molecule has 0 unspecified atom stereocenters. The predicted octanol–water partition coefficient (Wildman–Crippen LogP) is 0.842. The van der Waals surface area contributed by atoms with Gasteiger partial charge in [-0.1, -0.05) is 0 Å². The van der Waals surface area contributed by atoms with Crippen LogP contribution in [0.5, 0.6) is 5.75 Å². The van der Waals surface area contributed by atoms with Crippen molar-refractivity contribution in [2.75, 3.05) is 37.4 Å². The first-order chi connectivity index (χ1) is 8.19. The summed E-state index contributed by atoms with van der Waals surface area (Å²) in [6, 6.07) is 5.69. The lowest BCUT2D eigenvalue weighted by Crippen LogP contribution is -2.37. The molecule has 0 aromatic heterocycles. The van der Waals surface area contributed by atoms with Crippen LogP contribution in [0, 0.1) is 0 Å². The van der Waals surface area contributed by atoms with Gasteiger partial charge >= 0.3 is 0 Å². The van der Waals surface area contributed by atoms with Gasteiger partial charge in [0.1, 0.15) is 5.75 Å². The van der Waals surface area contributed by atoms with Gasteiger partial charge in [-0.15, -0.1) is 0 Å². The number of nitrogens with two attached hydrogens (primary N) is 1. The number of rotatable bonds is 3. The molecule has 0 spiro atoms. The highest BCUT2D eigenvalue weighted by Gasteiger charge is 2.16. The molecule has 0 atom stereocenters. The normalized spacial score (nSPS) is 18.2.